The maximum Gasteiger partial charge on any atom is 0.0702 e. The van der Waals surface area contributed by atoms with Crippen LogP contribution in [0.25, 0.3) is 0 Å². The van der Waals surface area contributed by atoms with E-state index in [0.717, 1.165) is 19.7 Å². The Morgan fingerprint density at radius 3 is 2.79 bits per heavy atom. The molecule has 2 heterocycles. The van der Waals surface area contributed by atoms with Crippen molar-refractivity contribution < 1.29 is 4.74 Å². The van der Waals surface area contributed by atoms with Crippen molar-refractivity contribution in [1.82, 2.24) is 10.2 Å². The van der Waals surface area contributed by atoms with E-state index in [1.165, 1.54) is 45.1 Å². The molecule has 3 unspecified atom stereocenters. The fraction of sp³-hybridized carbons (Fsp3) is 1.00. The van der Waals surface area contributed by atoms with Crippen LogP contribution in [-0.4, -0.2) is 48.8 Å². The zero-order valence-corrected chi connectivity index (χ0v) is 13.1. The third kappa shape index (κ3) is 3.93. The largest absolute Gasteiger partial charge is 0.377 e. The summed E-state index contributed by atoms with van der Waals surface area (Å²) in [6, 6.07) is 0.674. The molecule has 2 saturated heterocycles. The van der Waals surface area contributed by atoms with Crippen molar-refractivity contribution >= 4 is 0 Å². The van der Waals surface area contributed by atoms with Crippen molar-refractivity contribution in [3.05, 3.63) is 0 Å². The summed E-state index contributed by atoms with van der Waals surface area (Å²) in [5.41, 5.74) is 0.311. The van der Waals surface area contributed by atoms with Gasteiger partial charge in [0.1, 0.15) is 0 Å². The summed E-state index contributed by atoms with van der Waals surface area (Å²) in [4.78, 5) is 2.71. The van der Waals surface area contributed by atoms with E-state index < -0.39 is 0 Å². The zero-order chi connectivity index (χ0) is 13.7. The van der Waals surface area contributed by atoms with Crippen molar-refractivity contribution in [2.75, 3.05) is 26.2 Å². The van der Waals surface area contributed by atoms with Crippen LogP contribution < -0.4 is 5.32 Å². The van der Waals surface area contributed by atoms with Crippen LogP contribution in [0, 0.1) is 0 Å². The highest BCUT2D eigenvalue weighted by Gasteiger charge is 2.37. The second-order valence-corrected chi connectivity index (χ2v) is 6.61. The van der Waals surface area contributed by atoms with Crippen molar-refractivity contribution in [3.8, 4) is 0 Å². The fourth-order valence-electron chi connectivity index (χ4n) is 3.41. The van der Waals surface area contributed by atoms with Crippen molar-refractivity contribution in [2.24, 2.45) is 0 Å². The molecule has 0 aliphatic carbocycles. The third-order valence-electron chi connectivity index (χ3n) is 5.07. The lowest BCUT2D eigenvalue weighted by Gasteiger charge is -2.49. The molecule has 2 aliphatic heterocycles. The Balaban J connectivity index is 1.94. The quantitative estimate of drug-likeness (QED) is 0.830. The minimum Gasteiger partial charge on any atom is -0.377 e. The lowest BCUT2D eigenvalue weighted by Crippen LogP contribution is -2.64. The molecule has 2 aliphatic rings. The van der Waals surface area contributed by atoms with Crippen LogP contribution in [0.1, 0.15) is 59.3 Å². The summed E-state index contributed by atoms with van der Waals surface area (Å²) in [5.74, 6) is 0. The lowest BCUT2D eigenvalue weighted by atomic mass is 9.90. The highest BCUT2D eigenvalue weighted by molar-refractivity contribution is 4.96. The van der Waals surface area contributed by atoms with E-state index in [9.17, 15) is 0 Å². The van der Waals surface area contributed by atoms with Crippen LogP contribution in [-0.2, 0) is 4.74 Å². The first-order valence-corrected chi connectivity index (χ1v) is 8.28. The van der Waals surface area contributed by atoms with Gasteiger partial charge in [-0.3, -0.25) is 4.90 Å². The Labute approximate surface area is 119 Å². The summed E-state index contributed by atoms with van der Waals surface area (Å²) in [6.45, 7) is 11.4. The topological polar surface area (TPSA) is 24.5 Å². The number of nitrogens with zero attached hydrogens (tertiary/aromatic N) is 1. The van der Waals surface area contributed by atoms with Crippen LogP contribution in [0.2, 0.25) is 0 Å². The molecule has 112 valence electrons. The molecular weight excluding hydrogens is 236 g/mol. The van der Waals surface area contributed by atoms with E-state index in [4.69, 9.17) is 4.74 Å². The average Bonchev–Trinajstić information content (AvgIpc) is 2.44. The SMILES string of the molecule is CCCC1CN(CC2CCCCO2)C(C)(CC)CN1. The number of piperazine rings is 1. The van der Waals surface area contributed by atoms with Gasteiger partial charge in [-0.15, -0.1) is 0 Å². The number of nitrogens with one attached hydrogen (secondary N) is 1. The van der Waals surface area contributed by atoms with Gasteiger partial charge in [-0.1, -0.05) is 20.3 Å². The standard InChI is InChI=1S/C16H32N2O/c1-4-8-14-11-18(16(3,5-2)13-17-14)12-15-9-6-7-10-19-15/h14-15,17H,4-13H2,1-3H3. The average molecular weight is 268 g/mol. The third-order valence-corrected chi connectivity index (χ3v) is 5.07. The van der Waals surface area contributed by atoms with E-state index in [1.54, 1.807) is 0 Å². The smallest absolute Gasteiger partial charge is 0.0702 e. The monoisotopic (exact) mass is 268 g/mol. The molecule has 2 rings (SSSR count). The van der Waals surface area contributed by atoms with E-state index in [1.807, 2.05) is 0 Å². The molecule has 0 radical (unpaired) electrons. The number of rotatable bonds is 5. The van der Waals surface area contributed by atoms with Gasteiger partial charge in [0, 0.05) is 37.8 Å². The van der Waals surface area contributed by atoms with Crippen molar-refractivity contribution in [2.45, 2.75) is 77.0 Å². The molecule has 19 heavy (non-hydrogen) atoms. The zero-order valence-electron chi connectivity index (χ0n) is 13.1. The first-order chi connectivity index (χ1) is 9.18. The van der Waals surface area contributed by atoms with Crippen LogP contribution in [0.4, 0.5) is 0 Å². The van der Waals surface area contributed by atoms with Crippen LogP contribution in [0.5, 0.6) is 0 Å². The molecule has 3 atom stereocenters. The predicted octanol–water partition coefficient (Wildman–Crippen LogP) is 2.80. The van der Waals surface area contributed by atoms with Gasteiger partial charge < -0.3 is 10.1 Å². The van der Waals surface area contributed by atoms with Crippen LogP contribution in [0.15, 0.2) is 0 Å². The molecule has 3 nitrogen and oxygen atoms in total. The molecule has 1 N–H and O–H groups in total. The molecule has 2 fully saturated rings. The summed E-state index contributed by atoms with van der Waals surface area (Å²) < 4.78 is 5.95. The normalized spacial score (nSPS) is 37.4. The Hall–Kier alpha value is -0.120. The maximum atomic E-state index is 5.95. The number of hydrogen-bond donors (Lipinski definition) is 1. The van der Waals surface area contributed by atoms with Gasteiger partial charge in [0.2, 0.25) is 0 Å². The first-order valence-electron chi connectivity index (χ1n) is 8.28. The first kappa shape index (κ1) is 15.3. The molecule has 0 bridgehead atoms. The fourth-order valence-corrected chi connectivity index (χ4v) is 3.41. The highest BCUT2D eigenvalue weighted by Crippen LogP contribution is 2.26. The number of ether oxygens (including phenoxy) is 1. The van der Waals surface area contributed by atoms with Gasteiger partial charge in [-0.05, 0) is 39.0 Å². The predicted molar refractivity (Wildman–Crippen MR) is 80.6 cm³/mol. The van der Waals surface area contributed by atoms with E-state index in [2.05, 4.69) is 31.0 Å². The summed E-state index contributed by atoms with van der Waals surface area (Å²) in [6.07, 6.45) is 8.10. The molecule has 0 aromatic heterocycles. The van der Waals surface area contributed by atoms with Gasteiger partial charge in [0.05, 0.1) is 6.10 Å². The summed E-state index contributed by atoms with van der Waals surface area (Å²) in [7, 11) is 0. The maximum absolute atomic E-state index is 5.95. The van der Waals surface area contributed by atoms with E-state index in [-0.39, 0.29) is 0 Å². The van der Waals surface area contributed by atoms with Gasteiger partial charge in [-0.2, -0.15) is 0 Å². The van der Waals surface area contributed by atoms with E-state index >= 15 is 0 Å². The Morgan fingerprint density at radius 2 is 2.16 bits per heavy atom. The van der Waals surface area contributed by atoms with Crippen LogP contribution >= 0.6 is 0 Å². The summed E-state index contributed by atoms with van der Waals surface area (Å²) >= 11 is 0. The molecule has 3 heteroatoms. The van der Waals surface area contributed by atoms with Crippen LogP contribution in [0.3, 0.4) is 0 Å². The Bertz CT molecular complexity index is 265. The Morgan fingerprint density at radius 1 is 1.32 bits per heavy atom. The second-order valence-electron chi connectivity index (χ2n) is 6.61. The molecular formula is C16H32N2O. The lowest BCUT2D eigenvalue weighted by molar-refractivity contribution is -0.0432. The second kappa shape index (κ2) is 7.05. The van der Waals surface area contributed by atoms with E-state index in [0.29, 0.717) is 17.7 Å². The van der Waals surface area contributed by atoms with Gasteiger partial charge in [-0.25, -0.2) is 0 Å². The minimum atomic E-state index is 0.311. The molecule has 0 aromatic carbocycles. The van der Waals surface area contributed by atoms with Crippen molar-refractivity contribution in [3.63, 3.8) is 0 Å². The number of hydrogen-bond acceptors (Lipinski definition) is 3. The summed E-state index contributed by atoms with van der Waals surface area (Å²) in [5, 5.41) is 3.75. The van der Waals surface area contributed by atoms with Gasteiger partial charge in [0.15, 0.2) is 0 Å². The molecule has 0 aromatic rings. The van der Waals surface area contributed by atoms with Gasteiger partial charge in [0.25, 0.3) is 0 Å². The Kier molecular flexibility index (Phi) is 5.67. The van der Waals surface area contributed by atoms with Crippen molar-refractivity contribution in [1.29, 1.82) is 0 Å². The molecule has 0 amide bonds. The minimum absolute atomic E-state index is 0.311. The molecule has 0 spiro atoms. The molecule has 0 saturated carbocycles. The highest BCUT2D eigenvalue weighted by atomic mass is 16.5. The van der Waals surface area contributed by atoms with Gasteiger partial charge >= 0.3 is 0 Å².